The predicted molar refractivity (Wildman–Crippen MR) is 45.4 cm³/mol. The Kier molecular flexibility index (Phi) is 4.02. The molecule has 0 N–H and O–H groups in total. The summed E-state index contributed by atoms with van der Waals surface area (Å²) in [5.74, 6) is 0.179. The van der Waals surface area contributed by atoms with Crippen LogP contribution in [-0.2, 0) is 0 Å². The van der Waals surface area contributed by atoms with Crippen molar-refractivity contribution in [3.05, 3.63) is 0 Å². The molecule has 1 aliphatic rings. The first-order chi connectivity index (χ1) is 5.86. The summed E-state index contributed by atoms with van der Waals surface area (Å²) in [6, 6.07) is 2.27. The van der Waals surface area contributed by atoms with Gasteiger partial charge in [-0.3, -0.25) is 4.39 Å². The molecule has 2 nitrogen and oxygen atoms in total. The van der Waals surface area contributed by atoms with Gasteiger partial charge in [0.05, 0.1) is 18.7 Å². The van der Waals surface area contributed by atoms with Gasteiger partial charge in [-0.15, -0.1) is 0 Å². The van der Waals surface area contributed by atoms with Crippen LogP contribution < -0.4 is 0 Å². The van der Waals surface area contributed by atoms with Crippen LogP contribution in [0.25, 0.3) is 0 Å². The highest BCUT2D eigenvalue weighted by molar-refractivity contribution is 4.88. The molecule has 0 bridgehead atoms. The van der Waals surface area contributed by atoms with Gasteiger partial charge < -0.3 is 4.90 Å². The smallest absolute Gasteiger partial charge is 0.0906 e. The highest BCUT2D eigenvalue weighted by atomic mass is 19.1. The van der Waals surface area contributed by atoms with Crippen molar-refractivity contribution in [2.75, 3.05) is 26.3 Å². The molecule has 68 valence electrons. The summed E-state index contributed by atoms with van der Waals surface area (Å²) in [6.07, 6.45) is 2.71. The lowest BCUT2D eigenvalue weighted by molar-refractivity contribution is 0.192. The van der Waals surface area contributed by atoms with E-state index >= 15 is 0 Å². The fourth-order valence-electron chi connectivity index (χ4n) is 1.65. The van der Waals surface area contributed by atoms with Crippen molar-refractivity contribution in [1.29, 1.82) is 5.26 Å². The number of nitrogens with zero attached hydrogens (tertiary/aromatic N) is 2. The largest absolute Gasteiger partial charge is 0.302 e. The average molecular weight is 170 g/mol. The molecule has 3 heteroatoms. The van der Waals surface area contributed by atoms with E-state index in [9.17, 15) is 4.39 Å². The summed E-state index contributed by atoms with van der Waals surface area (Å²) in [6.45, 7) is 2.46. The molecule has 0 aromatic carbocycles. The molecular weight excluding hydrogens is 155 g/mol. The molecule has 0 saturated carbocycles. The number of piperidine rings is 1. The molecule has 1 fully saturated rings. The predicted octanol–water partition coefficient (Wildman–Crippen LogP) is 1.58. The van der Waals surface area contributed by atoms with Crippen molar-refractivity contribution in [3.63, 3.8) is 0 Å². The summed E-state index contributed by atoms with van der Waals surface area (Å²) in [7, 11) is 0. The van der Waals surface area contributed by atoms with Crippen molar-refractivity contribution < 1.29 is 4.39 Å². The van der Waals surface area contributed by atoms with Gasteiger partial charge in [-0.1, -0.05) is 0 Å². The van der Waals surface area contributed by atoms with E-state index < -0.39 is 0 Å². The number of hydrogen-bond donors (Lipinski definition) is 0. The van der Waals surface area contributed by atoms with E-state index in [1.807, 2.05) is 0 Å². The summed E-state index contributed by atoms with van der Waals surface area (Å²) >= 11 is 0. The first-order valence-electron chi connectivity index (χ1n) is 4.54. The van der Waals surface area contributed by atoms with E-state index in [4.69, 9.17) is 5.26 Å². The van der Waals surface area contributed by atoms with Crippen LogP contribution in [-0.4, -0.2) is 31.2 Å². The molecule has 1 saturated heterocycles. The Hall–Kier alpha value is -0.620. The molecule has 1 atom stereocenters. The van der Waals surface area contributed by atoms with Crippen molar-refractivity contribution in [1.82, 2.24) is 4.90 Å². The van der Waals surface area contributed by atoms with Gasteiger partial charge in [0.2, 0.25) is 0 Å². The molecule has 0 amide bonds. The second-order valence-electron chi connectivity index (χ2n) is 3.31. The molecule has 0 radical (unpaired) electrons. The van der Waals surface area contributed by atoms with Crippen LogP contribution in [0.2, 0.25) is 0 Å². The molecule has 0 aromatic rings. The Morgan fingerprint density at radius 1 is 1.58 bits per heavy atom. The fourth-order valence-corrected chi connectivity index (χ4v) is 1.65. The maximum atomic E-state index is 11.8. The number of nitriles is 1. The van der Waals surface area contributed by atoms with Gasteiger partial charge in [-0.05, 0) is 25.8 Å². The SMILES string of the molecule is N#CC1CCCN(CCCF)C1. The highest BCUT2D eigenvalue weighted by Gasteiger charge is 2.18. The van der Waals surface area contributed by atoms with Crippen LogP contribution in [0.15, 0.2) is 0 Å². The van der Waals surface area contributed by atoms with Crippen LogP contribution in [0.1, 0.15) is 19.3 Å². The maximum Gasteiger partial charge on any atom is 0.0906 e. The van der Waals surface area contributed by atoms with E-state index in [1.54, 1.807) is 0 Å². The van der Waals surface area contributed by atoms with E-state index in [1.165, 1.54) is 0 Å². The van der Waals surface area contributed by atoms with Crippen LogP contribution in [0.5, 0.6) is 0 Å². The number of halogens is 1. The summed E-state index contributed by atoms with van der Waals surface area (Å²) < 4.78 is 11.8. The maximum absolute atomic E-state index is 11.8. The molecule has 12 heavy (non-hydrogen) atoms. The van der Waals surface area contributed by atoms with Crippen LogP contribution in [0.3, 0.4) is 0 Å². The van der Waals surface area contributed by atoms with Gasteiger partial charge >= 0.3 is 0 Å². The lowest BCUT2D eigenvalue weighted by Crippen LogP contribution is -2.35. The number of rotatable bonds is 3. The zero-order valence-electron chi connectivity index (χ0n) is 7.30. The fraction of sp³-hybridized carbons (Fsp3) is 0.889. The van der Waals surface area contributed by atoms with Gasteiger partial charge in [0.1, 0.15) is 0 Å². The molecule has 1 unspecified atom stereocenters. The van der Waals surface area contributed by atoms with E-state index in [0.717, 1.165) is 32.5 Å². The Labute approximate surface area is 73.0 Å². The normalized spacial score (nSPS) is 25.2. The zero-order valence-corrected chi connectivity index (χ0v) is 7.30. The monoisotopic (exact) mass is 170 g/mol. The lowest BCUT2D eigenvalue weighted by Gasteiger charge is -2.28. The first-order valence-corrected chi connectivity index (χ1v) is 4.54. The van der Waals surface area contributed by atoms with Crippen molar-refractivity contribution in [2.45, 2.75) is 19.3 Å². The molecule has 1 heterocycles. The van der Waals surface area contributed by atoms with Crippen molar-refractivity contribution in [3.8, 4) is 6.07 Å². The number of likely N-dealkylation sites (tertiary alicyclic amines) is 1. The molecule has 1 rings (SSSR count). The third-order valence-corrected chi connectivity index (χ3v) is 2.30. The zero-order chi connectivity index (χ0) is 8.81. The van der Waals surface area contributed by atoms with Gasteiger partial charge in [-0.25, -0.2) is 0 Å². The second kappa shape index (κ2) is 5.10. The third kappa shape index (κ3) is 2.78. The van der Waals surface area contributed by atoms with Crippen LogP contribution in [0, 0.1) is 17.2 Å². The minimum absolute atomic E-state index is 0.179. The molecule has 0 spiro atoms. The standard InChI is InChI=1S/C9H15FN2/c10-4-2-6-12-5-1-3-9(7-11)8-12/h9H,1-6,8H2. The van der Waals surface area contributed by atoms with Gasteiger partial charge in [0.25, 0.3) is 0 Å². The van der Waals surface area contributed by atoms with Gasteiger partial charge in [0, 0.05) is 13.1 Å². The van der Waals surface area contributed by atoms with Gasteiger partial charge in [0.15, 0.2) is 0 Å². The highest BCUT2D eigenvalue weighted by Crippen LogP contribution is 2.15. The summed E-state index contributed by atoms with van der Waals surface area (Å²) in [4.78, 5) is 2.19. The van der Waals surface area contributed by atoms with Crippen LogP contribution in [0.4, 0.5) is 4.39 Å². The minimum Gasteiger partial charge on any atom is -0.302 e. The Morgan fingerprint density at radius 3 is 3.08 bits per heavy atom. The Bertz CT molecular complexity index is 164. The third-order valence-electron chi connectivity index (χ3n) is 2.30. The van der Waals surface area contributed by atoms with Crippen LogP contribution >= 0.6 is 0 Å². The quantitative estimate of drug-likeness (QED) is 0.643. The summed E-state index contributed by atoms with van der Waals surface area (Å²) in [5, 5.41) is 8.68. The van der Waals surface area contributed by atoms with E-state index in [0.29, 0.717) is 6.42 Å². The average Bonchev–Trinajstić information content (AvgIpc) is 2.15. The number of alkyl halides is 1. The van der Waals surface area contributed by atoms with Gasteiger partial charge in [-0.2, -0.15) is 5.26 Å². The van der Waals surface area contributed by atoms with E-state index in [2.05, 4.69) is 11.0 Å². The molecule has 0 aromatic heterocycles. The molecule has 0 aliphatic carbocycles. The Balaban J connectivity index is 2.22. The molecular formula is C9H15FN2. The molecule has 1 aliphatic heterocycles. The first kappa shape index (κ1) is 9.47. The van der Waals surface area contributed by atoms with Crippen molar-refractivity contribution >= 4 is 0 Å². The summed E-state index contributed by atoms with van der Waals surface area (Å²) in [5.41, 5.74) is 0. The number of hydrogen-bond acceptors (Lipinski definition) is 2. The van der Waals surface area contributed by atoms with Crippen molar-refractivity contribution in [2.24, 2.45) is 5.92 Å². The topological polar surface area (TPSA) is 27.0 Å². The second-order valence-corrected chi connectivity index (χ2v) is 3.31. The Morgan fingerprint density at radius 2 is 2.42 bits per heavy atom. The lowest BCUT2D eigenvalue weighted by atomic mass is 10.00. The van der Waals surface area contributed by atoms with E-state index in [-0.39, 0.29) is 12.6 Å². The minimum atomic E-state index is -0.242.